The van der Waals surface area contributed by atoms with E-state index in [9.17, 15) is 14.4 Å². The molecule has 0 heterocycles. The second kappa shape index (κ2) is 46.9. The van der Waals surface area contributed by atoms with Crippen LogP contribution in [-0.2, 0) is 28.6 Å². The minimum absolute atomic E-state index is 0.0637. The van der Waals surface area contributed by atoms with Gasteiger partial charge in [0, 0.05) is 19.3 Å². The van der Waals surface area contributed by atoms with E-state index in [4.69, 9.17) is 14.2 Å². The second-order valence-corrected chi connectivity index (χ2v) is 19.5. The van der Waals surface area contributed by atoms with Crippen LogP contribution in [0.25, 0.3) is 0 Å². The smallest absolute Gasteiger partial charge is 0.306 e. The van der Waals surface area contributed by atoms with Crippen LogP contribution >= 0.6 is 0 Å². The predicted octanol–water partition coefficient (Wildman–Crippen LogP) is 17.3. The maximum absolute atomic E-state index is 12.8. The number of carbonyl (C=O) groups excluding carboxylic acids is 3. The molecule has 0 saturated heterocycles. The number of carbonyl (C=O) groups is 3. The number of ether oxygens (including phenoxy) is 3. The zero-order valence-electron chi connectivity index (χ0n) is 41.1. The summed E-state index contributed by atoms with van der Waals surface area (Å²) in [5.41, 5.74) is 0. The third kappa shape index (κ3) is 47.5. The number of esters is 3. The Bertz CT molecular complexity index is 916. The van der Waals surface area contributed by atoms with Crippen molar-refractivity contribution in [3.05, 3.63) is 0 Å². The van der Waals surface area contributed by atoms with Crippen LogP contribution in [0, 0.1) is 11.8 Å². The average molecular weight is 849 g/mol. The molecule has 0 aliphatic carbocycles. The van der Waals surface area contributed by atoms with Crippen molar-refractivity contribution in [1.29, 1.82) is 0 Å². The third-order valence-electron chi connectivity index (χ3n) is 12.2. The molecule has 0 aromatic carbocycles. The molecule has 1 atom stereocenters. The number of hydrogen-bond donors (Lipinski definition) is 0. The average Bonchev–Trinajstić information content (AvgIpc) is 3.22. The zero-order valence-corrected chi connectivity index (χ0v) is 41.1. The standard InChI is InChI=1S/C54H104O6/c1-6-7-8-9-10-11-12-13-14-17-21-24-31-36-41-46-54(57)60-51(48-59-53(56)45-40-35-30-26-25-28-33-38-43-50(4)5)47-58-52(55)44-39-34-29-23-20-18-15-16-19-22-27-32-37-42-49(2)3/h49-51H,6-48H2,1-5H3/t51-/m1/s1. The molecule has 0 spiro atoms. The van der Waals surface area contributed by atoms with Gasteiger partial charge in [-0.15, -0.1) is 0 Å². The Hall–Kier alpha value is -1.59. The van der Waals surface area contributed by atoms with Crippen LogP contribution in [0.4, 0.5) is 0 Å². The number of hydrogen-bond acceptors (Lipinski definition) is 6. The predicted molar refractivity (Wildman–Crippen MR) is 256 cm³/mol. The Kier molecular flexibility index (Phi) is 45.7. The SMILES string of the molecule is CCCCCCCCCCCCCCCCCC(=O)O[C@H](COC(=O)CCCCCCCCCCCCCCCC(C)C)COC(=O)CCCCCCCCCCC(C)C. The molecule has 0 amide bonds. The lowest BCUT2D eigenvalue weighted by Gasteiger charge is -2.18. The van der Waals surface area contributed by atoms with E-state index in [1.807, 2.05) is 0 Å². The normalized spacial score (nSPS) is 12.1. The van der Waals surface area contributed by atoms with Gasteiger partial charge in [-0.2, -0.15) is 0 Å². The van der Waals surface area contributed by atoms with Crippen LogP contribution < -0.4 is 0 Å². The minimum Gasteiger partial charge on any atom is -0.462 e. The molecular weight excluding hydrogens is 745 g/mol. The van der Waals surface area contributed by atoms with Gasteiger partial charge in [0.1, 0.15) is 13.2 Å². The fraction of sp³-hybridized carbons (Fsp3) is 0.944. The largest absolute Gasteiger partial charge is 0.462 e. The summed E-state index contributed by atoms with van der Waals surface area (Å²) in [6, 6.07) is 0. The van der Waals surface area contributed by atoms with Crippen LogP contribution in [0.1, 0.15) is 298 Å². The van der Waals surface area contributed by atoms with Crippen LogP contribution in [0.2, 0.25) is 0 Å². The fourth-order valence-corrected chi connectivity index (χ4v) is 8.17. The summed E-state index contributed by atoms with van der Waals surface area (Å²) in [7, 11) is 0. The molecule has 0 aromatic heterocycles. The van der Waals surface area contributed by atoms with E-state index in [1.54, 1.807) is 0 Å². The summed E-state index contributed by atoms with van der Waals surface area (Å²) in [6.45, 7) is 11.4. The highest BCUT2D eigenvalue weighted by Crippen LogP contribution is 2.17. The molecule has 0 fully saturated rings. The van der Waals surface area contributed by atoms with Crippen LogP contribution in [-0.4, -0.2) is 37.2 Å². The van der Waals surface area contributed by atoms with Gasteiger partial charge in [-0.3, -0.25) is 14.4 Å². The van der Waals surface area contributed by atoms with Gasteiger partial charge in [-0.05, 0) is 31.1 Å². The van der Waals surface area contributed by atoms with Gasteiger partial charge in [-0.25, -0.2) is 0 Å². The van der Waals surface area contributed by atoms with Crippen LogP contribution in [0.15, 0.2) is 0 Å². The van der Waals surface area contributed by atoms with Gasteiger partial charge in [0.25, 0.3) is 0 Å². The minimum atomic E-state index is -0.762. The monoisotopic (exact) mass is 849 g/mol. The van der Waals surface area contributed by atoms with Crippen molar-refractivity contribution in [2.75, 3.05) is 13.2 Å². The molecule has 60 heavy (non-hydrogen) atoms. The van der Waals surface area contributed by atoms with Gasteiger partial charge < -0.3 is 14.2 Å². The molecule has 0 saturated carbocycles. The third-order valence-corrected chi connectivity index (χ3v) is 12.2. The van der Waals surface area contributed by atoms with E-state index >= 15 is 0 Å². The van der Waals surface area contributed by atoms with Crippen molar-refractivity contribution in [2.45, 2.75) is 304 Å². The van der Waals surface area contributed by atoms with E-state index < -0.39 is 6.10 Å². The summed E-state index contributed by atoms with van der Waals surface area (Å²) in [5, 5.41) is 0. The molecule has 0 bridgehead atoms. The molecule has 0 N–H and O–H groups in total. The van der Waals surface area contributed by atoms with Gasteiger partial charge in [0.15, 0.2) is 6.10 Å². The molecule has 0 radical (unpaired) electrons. The maximum atomic E-state index is 12.8. The molecule has 0 aliphatic heterocycles. The lowest BCUT2D eigenvalue weighted by Crippen LogP contribution is -2.30. The van der Waals surface area contributed by atoms with Gasteiger partial charge in [-0.1, -0.05) is 259 Å². The summed E-state index contributed by atoms with van der Waals surface area (Å²) in [5.74, 6) is 0.789. The highest BCUT2D eigenvalue weighted by molar-refractivity contribution is 5.71. The molecule has 6 nitrogen and oxygen atoms in total. The van der Waals surface area contributed by atoms with E-state index in [-0.39, 0.29) is 31.1 Å². The maximum Gasteiger partial charge on any atom is 0.306 e. The van der Waals surface area contributed by atoms with Crippen molar-refractivity contribution < 1.29 is 28.6 Å². The Morgan fingerprint density at radius 3 is 0.817 bits per heavy atom. The molecular formula is C54H104O6. The molecule has 0 aliphatic rings. The fourth-order valence-electron chi connectivity index (χ4n) is 8.17. The lowest BCUT2D eigenvalue weighted by atomic mass is 10.0. The zero-order chi connectivity index (χ0) is 44.0. The van der Waals surface area contributed by atoms with E-state index in [2.05, 4.69) is 34.6 Å². The Labute approximate surface area is 374 Å². The molecule has 0 aromatic rings. The topological polar surface area (TPSA) is 78.9 Å². The highest BCUT2D eigenvalue weighted by atomic mass is 16.6. The number of unbranched alkanes of at least 4 members (excludes halogenated alkanes) is 33. The summed E-state index contributed by atoms with van der Waals surface area (Å²) in [6.07, 6.45) is 48.1. The van der Waals surface area contributed by atoms with Crippen molar-refractivity contribution >= 4 is 17.9 Å². The molecule has 0 rings (SSSR count). The molecule has 356 valence electrons. The number of rotatable bonds is 48. The van der Waals surface area contributed by atoms with E-state index in [1.165, 1.54) is 186 Å². The van der Waals surface area contributed by atoms with Crippen molar-refractivity contribution in [1.82, 2.24) is 0 Å². The summed E-state index contributed by atoms with van der Waals surface area (Å²) in [4.78, 5) is 38.0. The van der Waals surface area contributed by atoms with Crippen LogP contribution in [0.3, 0.4) is 0 Å². The van der Waals surface area contributed by atoms with E-state index in [0.717, 1.165) is 69.6 Å². The molecule has 0 unspecified atom stereocenters. The van der Waals surface area contributed by atoms with E-state index in [0.29, 0.717) is 19.3 Å². The van der Waals surface area contributed by atoms with Gasteiger partial charge >= 0.3 is 17.9 Å². The first-order valence-electron chi connectivity index (χ1n) is 26.7. The highest BCUT2D eigenvalue weighted by Gasteiger charge is 2.19. The Morgan fingerprint density at radius 1 is 0.317 bits per heavy atom. The summed E-state index contributed by atoms with van der Waals surface area (Å²) >= 11 is 0. The van der Waals surface area contributed by atoms with Crippen molar-refractivity contribution in [2.24, 2.45) is 11.8 Å². The molecule has 6 heteroatoms. The van der Waals surface area contributed by atoms with Crippen LogP contribution in [0.5, 0.6) is 0 Å². The summed E-state index contributed by atoms with van der Waals surface area (Å²) < 4.78 is 16.8. The van der Waals surface area contributed by atoms with Crippen molar-refractivity contribution in [3.8, 4) is 0 Å². The first-order chi connectivity index (χ1) is 29.2. The first kappa shape index (κ1) is 58.4. The lowest BCUT2D eigenvalue weighted by molar-refractivity contribution is -0.167. The second-order valence-electron chi connectivity index (χ2n) is 19.5. The first-order valence-corrected chi connectivity index (χ1v) is 26.7. The van der Waals surface area contributed by atoms with Gasteiger partial charge in [0.05, 0.1) is 0 Å². The van der Waals surface area contributed by atoms with Crippen molar-refractivity contribution in [3.63, 3.8) is 0 Å². The van der Waals surface area contributed by atoms with Gasteiger partial charge in [0.2, 0.25) is 0 Å². The Morgan fingerprint density at radius 2 is 0.550 bits per heavy atom. The Balaban J connectivity index is 4.29. The quantitative estimate of drug-likeness (QED) is 0.0345.